The van der Waals surface area contributed by atoms with Crippen molar-refractivity contribution in [1.82, 2.24) is 4.90 Å². The van der Waals surface area contributed by atoms with Crippen molar-refractivity contribution < 1.29 is 19.8 Å². The molecule has 6 heteroatoms. The average Bonchev–Trinajstić information content (AvgIpc) is 2.98. The zero-order valence-electron chi connectivity index (χ0n) is 20.5. The third-order valence-corrected chi connectivity index (χ3v) is 6.75. The molecule has 34 heavy (non-hydrogen) atoms. The van der Waals surface area contributed by atoms with E-state index in [4.69, 9.17) is 0 Å². The minimum atomic E-state index is -1.00. The monoisotopic (exact) mass is 466 g/mol. The molecule has 0 bridgehead atoms. The van der Waals surface area contributed by atoms with Crippen LogP contribution >= 0.6 is 0 Å². The summed E-state index contributed by atoms with van der Waals surface area (Å²) in [6, 6.07) is 16.2. The van der Waals surface area contributed by atoms with Crippen LogP contribution in [0.25, 0.3) is 0 Å². The highest BCUT2D eigenvalue weighted by molar-refractivity contribution is 5.83. The molecule has 0 spiro atoms. The van der Waals surface area contributed by atoms with Crippen LogP contribution < -0.4 is 5.32 Å². The molecular formula is C28H38N2O4. The molecule has 1 aliphatic rings. The van der Waals surface area contributed by atoms with Gasteiger partial charge in [-0.25, -0.2) is 0 Å². The summed E-state index contributed by atoms with van der Waals surface area (Å²) in [5.41, 5.74) is 4.45. The third-order valence-electron chi connectivity index (χ3n) is 6.75. The molecule has 0 unspecified atom stereocenters. The van der Waals surface area contributed by atoms with Crippen molar-refractivity contribution in [2.45, 2.75) is 70.9 Å². The summed E-state index contributed by atoms with van der Waals surface area (Å²) in [5, 5.41) is 23.6. The van der Waals surface area contributed by atoms with Crippen molar-refractivity contribution in [3.8, 4) is 0 Å². The first-order valence-electron chi connectivity index (χ1n) is 12.3. The number of benzene rings is 2. The molecular weight excluding hydrogens is 428 g/mol. The minimum Gasteiger partial charge on any atom is -0.480 e. The van der Waals surface area contributed by atoms with Crippen LogP contribution in [0.1, 0.15) is 62.1 Å². The number of aliphatic hydroxyl groups is 1. The van der Waals surface area contributed by atoms with Gasteiger partial charge in [-0.05, 0) is 68.2 Å². The average molecular weight is 467 g/mol. The molecule has 3 atom stereocenters. The molecule has 6 nitrogen and oxygen atoms in total. The van der Waals surface area contributed by atoms with E-state index in [0.29, 0.717) is 44.6 Å². The van der Waals surface area contributed by atoms with Gasteiger partial charge in [0.1, 0.15) is 6.54 Å². The smallest absolute Gasteiger partial charge is 0.323 e. The second-order valence-corrected chi connectivity index (χ2v) is 9.84. The van der Waals surface area contributed by atoms with Gasteiger partial charge in [-0.15, -0.1) is 0 Å². The van der Waals surface area contributed by atoms with Gasteiger partial charge >= 0.3 is 5.97 Å². The number of hydrogen-bond donors (Lipinski definition) is 3. The van der Waals surface area contributed by atoms with E-state index in [-0.39, 0.29) is 24.4 Å². The van der Waals surface area contributed by atoms with Gasteiger partial charge in [-0.3, -0.25) is 9.59 Å². The zero-order valence-corrected chi connectivity index (χ0v) is 20.5. The van der Waals surface area contributed by atoms with E-state index in [1.165, 1.54) is 10.5 Å². The lowest BCUT2D eigenvalue weighted by atomic mass is 9.98. The Morgan fingerprint density at radius 2 is 1.79 bits per heavy atom. The summed E-state index contributed by atoms with van der Waals surface area (Å²) in [5.74, 6) is -0.983. The van der Waals surface area contributed by atoms with E-state index in [0.717, 1.165) is 16.8 Å². The number of aryl methyl sites for hydroxylation is 1. The van der Waals surface area contributed by atoms with E-state index in [1.54, 1.807) is 0 Å². The Morgan fingerprint density at radius 3 is 2.50 bits per heavy atom. The molecule has 0 radical (unpaired) electrons. The van der Waals surface area contributed by atoms with Crippen molar-refractivity contribution in [1.29, 1.82) is 0 Å². The molecule has 3 rings (SSSR count). The van der Waals surface area contributed by atoms with Crippen LogP contribution in [0.2, 0.25) is 0 Å². The Kier molecular flexibility index (Phi) is 9.11. The molecule has 1 fully saturated rings. The maximum absolute atomic E-state index is 13.3. The highest BCUT2D eigenvalue weighted by Gasteiger charge is 2.32. The summed E-state index contributed by atoms with van der Waals surface area (Å²) in [6.07, 6.45) is 2.41. The second kappa shape index (κ2) is 12.0. The van der Waals surface area contributed by atoms with Gasteiger partial charge < -0.3 is 20.4 Å². The number of carbonyl (C=O) groups is 2. The minimum absolute atomic E-state index is 0.121. The first-order valence-corrected chi connectivity index (χ1v) is 12.3. The maximum atomic E-state index is 13.3. The van der Waals surface area contributed by atoms with Crippen LogP contribution in [-0.2, 0) is 16.0 Å². The Bertz CT molecular complexity index is 974. The lowest BCUT2D eigenvalue weighted by Crippen LogP contribution is -2.41. The quantitative estimate of drug-likeness (QED) is 0.470. The summed E-state index contributed by atoms with van der Waals surface area (Å²) in [4.78, 5) is 26.3. The van der Waals surface area contributed by atoms with Crippen molar-refractivity contribution in [3.05, 3.63) is 65.2 Å². The van der Waals surface area contributed by atoms with Crippen LogP contribution in [0.4, 0.5) is 5.69 Å². The number of hydrogen-bond acceptors (Lipinski definition) is 4. The zero-order chi connectivity index (χ0) is 24.7. The van der Waals surface area contributed by atoms with Crippen LogP contribution in [0.15, 0.2) is 48.5 Å². The lowest BCUT2D eigenvalue weighted by Gasteiger charge is -2.26. The predicted octanol–water partition coefficient (Wildman–Crippen LogP) is 4.61. The molecule has 2 aromatic carbocycles. The van der Waals surface area contributed by atoms with Crippen LogP contribution in [0.3, 0.4) is 0 Å². The lowest BCUT2D eigenvalue weighted by molar-refractivity contribution is -0.146. The van der Waals surface area contributed by atoms with E-state index >= 15 is 0 Å². The topological polar surface area (TPSA) is 89.9 Å². The van der Waals surface area contributed by atoms with Gasteiger partial charge in [0.2, 0.25) is 5.91 Å². The number of aliphatic carboxylic acids is 1. The fourth-order valence-corrected chi connectivity index (χ4v) is 4.73. The maximum Gasteiger partial charge on any atom is 0.323 e. The molecule has 1 aliphatic carbocycles. The van der Waals surface area contributed by atoms with Gasteiger partial charge in [0, 0.05) is 18.2 Å². The van der Waals surface area contributed by atoms with Gasteiger partial charge in [0.25, 0.3) is 0 Å². The van der Waals surface area contributed by atoms with Gasteiger partial charge in [-0.1, -0.05) is 55.8 Å². The Balaban J connectivity index is 1.64. The first-order chi connectivity index (χ1) is 16.2. The predicted molar refractivity (Wildman–Crippen MR) is 135 cm³/mol. The first kappa shape index (κ1) is 25.8. The molecule has 1 amide bonds. The van der Waals surface area contributed by atoms with Crippen molar-refractivity contribution in [3.63, 3.8) is 0 Å². The largest absolute Gasteiger partial charge is 0.480 e. The van der Waals surface area contributed by atoms with E-state index in [1.807, 2.05) is 37.3 Å². The molecule has 0 heterocycles. The van der Waals surface area contributed by atoms with Crippen molar-refractivity contribution >= 4 is 17.6 Å². The number of rotatable bonds is 9. The number of anilines is 1. The number of carboxylic acids is 1. The molecule has 184 valence electrons. The van der Waals surface area contributed by atoms with E-state index in [9.17, 15) is 19.8 Å². The van der Waals surface area contributed by atoms with Crippen LogP contribution in [-0.4, -0.2) is 52.2 Å². The highest BCUT2D eigenvalue weighted by Crippen LogP contribution is 2.28. The van der Waals surface area contributed by atoms with E-state index in [2.05, 4.69) is 37.4 Å². The molecule has 2 aromatic rings. The Morgan fingerprint density at radius 1 is 1.06 bits per heavy atom. The summed E-state index contributed by atoms with van der Waals surface area (Å²) in [6.45, 7) is 6.39. The van der Waals surface area contributed by atoms with Crippen LogP contribution in [0, 0.1) is 12.8 Å². The highest BCUT2D eigenvalue weighted by atomic mass is 16.4. The van der Waals surface area contributed by atoms with Crippen molar-refractivity contribution in [2.24, 2.45) is 5.92 Å². The van der Waals surface area contributed by atoms with E-state index < -0.39 is 12.1 Å². The molecule has 0 aromatic heterocycles. The van der Waals surface area contributed by atoms with Gasteiger partial charge in [0.15, 0.2) is 0 Å². The summed E-state index contributed by atoms with van der Waals surface area (Å²) in [7, 11) is 0. The fraction of sp³-hybridized carbons (Fsp3) is 0.500. The number of carbonyl (C=O) groups excluding carboxylic acids is 1. The number of aliphatic hydroxyl groups excluding tert-OH is 1. The summed E-state index contributed by atoms with van der Waals surface area (Å²) < 4.78 is 0. The normalized spacial score (nSPS) is 20.6. The molecule has 0 aliphatic heterocycles. The second-order valence-electron chi connectivity index (χ2n) is 9.84. The number of nitrogens with zero attached hydrogens (tertiary/aromatic N) is 1. The number of nitrogens with one attached hydrogen (secondary N) is 1. The fourth-order valence-electron chi connectivity index (χ4n) is 4.73. The van der Waals surface area contributed by atoms with Crippen LogP contribution in [0.5, 0.6) is 0 Å². The molecule has 1 saturated carbocycles. The number of amides is 1. The summed E-state index contributed by atoms with van der Waals surface area (Å²) >= 11 is 0. The number of carboxylic acid groups (broad SMARTS) is 1. The molecule has 3 N–H and O–H groups in total. The van der Waals surface area contributed by atoms with Crippen molar-refractivity contribution in [2.75, 3.05) is 18.4 Å². The molecule has 0 saturated heterocycles. The van der Waals surface area contributed by atoms with Gasteiger partial charge in [0.05, 0.1) is 12.1 Å². The standard InChI is InChI=1S/C28H38N2O4/c1-19(2)23-8-5-9-24(17-23)29-25-12-10-22(11-13-26(25)31)28(34)30(18-27(32)33)15-14-21-7-4-6-20(3)16-21/h4-9,16-17,19,22,25-26,29,31H,10-15,18H2,1-3H3,(H,32,33)/t22-,25+,26+/m1/s1. The third kappa shape index (κ3) is 7.32. The van der Waals surface area contributed by atoms with Gasteiger partial charge in [-0.2, -0.15) is 0 Å². The SMILES string of the molecule is Cc1cccc(CCN(CC(=O)O)C(=O)[C@@H]2CC[C@H](Nc3cccc(C(C)C)c3)[C@@H](O)CC2)c1. The Hall–Kier alpha value is -2.86. The Labute approximate surface area is 203 Å².